The van der Waals surface area contributed by atoms with Crippen LogP contribution in [0.15, 0.2) is 24.3 Å². The van der Waals surface area contributed by atoms with Gasteiger partial charge in [0, 0.05) is 12.7 Å². The summed E-state index contributed by atoms with van der Waals surface area (Å²) in [6.07, 6.45) is 0. The molecule has 4 heteroatoms. The van der Waals surface area contributed by atoms with Gasteiger partial charge in [-0.05, 0) is 13.0 Å². The van der Waals surface area contributed by atoms with Crippen molar-refractivity contribution in [3.63, 3.8) is 0 Å². The van der Waals surface area contributed by atoms with Crippen LogP contribution in [0.2, 0.25) is 0 Å². The molecular weight excluding hydrogens is 208 g/mol. The van der Waals surface area contributed by atoms with E-state index in [-0.39, 0.29) is 0 Å². The Hall–Kier alpha value is -1.55. The second kappa shape index (κ2) is 4.99. The van der Waals surface area contributed by atoms with Gasteiger partial charge in [-0.25, -0.2) is 4.79 Å². The van der Waals surface area contributed by atoms with Gasteiger partial charge in [-0.2, -0.15) is 0 Å². The van der Waals surface area contributed by atoms with Gasteiger partial charge in [0.15, 0.2) is 5.60 Å². The third-order valence-corrected chi connectivity index (χ3v) is 2.60. The quantitative estimate of drug-likeness (QED) is 0.731. The zero-order valence-electron chi connectivity index (χ0n) is 9.94. The van der Waals surface area contributed by atoms with E-state index in [4.69, 9.17) is 14.2 Å². The average Bonchev–Trinajstić information content (AvgIpc) is 2.36. The lowest BCUT2D eigenvalue weighted by Gasteiger charge is -2.26. The Labute approximate surface area is 95.1 Å². The van der Waals surface area contributed by atoms with Crippen LogP contribution < -0.4 is 4.74 Å². The van der Waals surface area contributed by atoms with Gasteiger partial charge in [0.05, 0.1) is 14.2 Å². The van der Waals surface area contributed by atoms with Crippen molar-refractivity contribution >= 4 is 5.97 Å². The molecule has 1 atom stereocenters. The van der Waals surface area contributed by atoms with Crippen LogP contribution in [-0.4, -0.2) is 27.3 Å². The first kappa shape index (κ1) is 12.5. The maximum Gasteiger partial charge on any atom is 0.342 e. The smallest absolute Gasteiger partial charge is 0.342 e. The first-order valence-electron chi connectivity index (χ1n) is 4.87. The van der Waals surface area contributed by atoms with Crippen LogP contribution in [0.5, 0.6) is 5.75 Å². The minimum absolute atomic E-state index is 0.459. The molecule has 0 amide bonds. The molecule has 4 nitrogen and oxygen atoms in total. The van der Waals surface area contributed by atoms with E-state index in [0.29, 0.717) is 11.3 Å². The van der Waals surface area contributed by atoms with Gasteiger partial charge in [0.2, 0.25) is 0 Å². The zero-order chi connectivity index (χ0) is 12.2. The molecule has 0 spiro atoms. The van der Waals surface area contributed by atoms with E-state index in [0.717, 1.165) is 0 Å². The zero-order valence-corrected chi connectivity index (χ0v) is 9.94. The van der Waals surface area contributed by atoms with Crippen molar-refractivity contribution in [1.82, 2.24) is 0 Å². The fourth-order valence-corrected chi connectivity index (χ4v) is 1.54. The molecule has 0 aliphatic carbocycles. The van der Waals surface area contributed by atoms with Gasteiger partial charge >= 0.3 is 5.97 Å². The van der Waals surface area contributed by atoms with E-state index in [1.165, 1.54) is 14.2 Å². The number of benzene rings is 1. The second-order valence-corrected chi connectivity index (χ2v) is 3.43. The standard InChI is InChI=1S/C12H16O4/c1-12(16-4,11(13)15-3)9-7-5-6-8-10(9)14-2/h5-8H,1-4H3. The van der Waals surface area contributed by atoms with Gasteiger partial charge in [-0.15, -0.1) is 0 Å². The topological polar surface area (TPSA) is 44.8 Å². The Morgan fingerprint density at radius 1 is 1.19 bits per heavy atom. The summed E-state index contributed by atoms with van der Waals surface area (Å²) in [4.78, 5) is 11.7. The van der Waals surface area contributed by atoms with Gasteiger partial charge in [-0.3, -0.25) is 0 Å². The number of esters is 1. The maximum absolute atomic E-state index is 11.7. The molecule has 0 fully saturated rings. The number of methoxy groups -OCH3 is 3. The van der Waals surface area contributed by atoms with Crippen molar-refractivity contribution in [2.45, 2.75) is 12.5 Å². The minimum atomic E-state index is -1.15. The van der Waals surface area contributed by atoms with Crippen molar-refractivity contribution < 1.29 is 19.0 Å². The normalized spacial score (nSPS) is 14.0. The molecule has 0 aliphatic rings. The lowest BCUT2D eigenvalue weighted by atomic mass is 9.95. The number of carbonyl (C=O) groups excluding carboxylic acids is 1. The Bertz CT molecular complexity index is 375. The highest BCUT2D eigenvalue weighted by Crippen LogP contribution is 2.33. The summed E-state index contributed by atoms with van der Waals surface area (Å²) in [6, 6.07) is 7.20. The molecule has 0 saturated heterocycles. The second-order valence-electron chi connectivity index (χ2n) is 3.43. The highest BCUT2D eigenvalue weighted by Gasteiger charge is 2.38. The van der Waals surface area contributed by atoms with E-state index < -0.39 is 11.6 Å². The van der Waals surface area contributed by atoms with Gasteiger partial charge in [0.25, 0.3) is 0 Å². The lowest BCUT2D eigenvalue weighted by molar-refractivity contribution is -0.165. The fourth-order valence-electron chi connectivity index (χ4n) is 1.54. The molecule has 16 heavy (non-hydrogen) atoms. The molecule has 0 aliphatic heterocycles. The highest BCUT2D eigenvalue weighted by molar-refractivity contribution is 5.81. The predicted molar refractivity (Wildman–Crippen MR) is 59.4 cm³/mol. The Morgan fingerprint density at radius 2 is 1.81 bits per heavy atom. The van der Waals surface area contributed by atoms with Gasteiger partial charge in [-0.1, -0.05) is 18.2 Å². The SMILES string of the molecule is COC(=O)C(C)(OC)c1ccccc1OC. The summed E-state index contributed by atoms with van der Waals surface area (Å²) < 4.78 is 15.2. The summed E-state index contributed by atoms with van der Waals surface area (Å²) in [7, 11) is 4.34. The van der Waals surface area contributed by atoms with Crippen LogP contribution in [-0.2, 0) is 19.9 Å². The summed E-state index contributed by atoms with van der Waals surface area (Å²) in [5, 5.41) is 0. The van der Waals surface area contributed by atoms with E-state index in [2.05, 4.69) is 0 Å². The summed E-state index contributed by atoms with van der Waals surface area (Å²) in [5.41, 5.74) is -0.506. The molecule has 1 unspecified atom stereocenters. The number of rotatable bonds is 4. The van der Waals surface area contributed by atoms with E-state index in [1.54, 1.807) is 26.2 Å². The van der Waals surface area contributed by atoms with Gasteiger partial charge in [0.1, 0.15) is 5.75 Å². The Balaban J connectivity index is 3.27. The number of ether oxygens (including phenoxy) is 3. The van der Waals surface area contributed by atoms with Crippen LogP contribution in [0.1, 0.15) is 12.5 Å². The number of hydrogen-bond acceptors (Lipinski definition) is 4. The van der Waals surface area contributed by atoms with Crippen molar-refractivity contribution in [1.29, 1.82) is 0 Å². The van der Waals surface area contributed by atoms with E-state index >= 15 is 0 Å². The number of para-hydroxylation sites is 1. The molecular formula is C12H16O4. The van der Waals surface area contributed by atoms with Crippen LogP contribution >= 0.6 is 0 Å². The van der Waals surface area contributed by atoms with Crippen molar-refractivity contribution in [2.75, 3.05) is 21.3 Å². The molecule has 0 saturated carbocycles. The summed E-state index contributed by atoms with van der Waals surface area (Å²) >= 11 is 0. The molecule has 0 aromatic heterocycles. The van der Waals surface area contributed by atoms with Crippen LogP contribution in [0.3, 0.4) is 0 Å². The fraction of sp³-hybridized carbons (Fsp3) is 0.417. The number of hydrogen-bond donors (Lipinski definition) is 0. The van der Waals surface area contributed by atoms with E-state index in [1.807, 2.05) is 12.1 Å². The van der Waals surface area contributed by atoms with Crippen molar-refractivity contribution in [2.24, 2.45) is 0 Å². The molecule has 1 rings (SSSR count). The minimum Gasteiger partial charge on any atom is -0.496 e. The molecule has 0 radical (unpaired) electrons. The largest absolute Gasteiger partial charge is 0.496 e. The third-order valence-electron chi connectivity index (χ3n) is 2.60. The summed E-state index contributed by atoms with van der Waals surface area (Å²) in [6.45, 7) is 1.65. The maximum atomic E-state index is 11.7. The van der Waals surface area contributed by atoms with E-state index in [9.17, 15) is 4.79 Å². The molecule has 0 N–H and O–H groups in total. The molecule has 88 valence electrons. The van der Waals surface area contributed by atoms with Crippen molar-refractivity contribution in [3.05, 3.63) is 29.8 Å². The average molecular weight is 224 g/mol. The molecule has 1 aromatic rings. The van der Waals surface area contributed by atoms with Crippen molar-refractivity contribution in [3.8, 4) is 5.75 Å². The monoisotopic (exact) mass is 224 g/mol. The summed E-state index contributed by atoms with van der Waals surface area (Å²) in [5.74, 6) is 0.136. The van der Waals surface area contributed by atoms with Crippen LogP contribution in [0.4, 0.5) is 0 Å². The molecule has 0 bridgehead atoms. The number of carbonyl (C=O) groups is 1. The molecule has 1 aromatic carbocycles. The third kappa shape index (κ3) is 2.02. The lowest BCUT2D eigenvalue weighted by Crippen LogP contribution is -2.36. The molecule has 0 heterocycles. The van der Waals surface area contributed by atoms with Crippen LogP contribution in [0.25, 0.3) is 0 Å². The first-order valence-corrected chi connectivity index (χ1v) is 4.87. The van der Waals surface area contributed by atoms with Crippen LogP contribution in [0, 0.1) is 0 Å². The highest BCUT2D eigenvalue weighted by atomic mass is 16.6. The Kier molecular flexibility index (Phi) is 3.90. The predicted octanol–water partition coefficient (Wildman–Crippen LogP) is 1.73. The first-order chi connectivity index (χ1) is 7.60. The van der Waals surface area contributed by atoms with Gasteiger partial charge < -0.3 is 14.2 Å². The Morgan fingerprint density at radius 3 is 2.31 bits per heavy atom.